The number of hydrogen-bond acceptors (Lipinski definition) is 5. The van der Waals surface area contributed by atoms with Crippen molar-refractivity contribution in [3.63, 3.8) is 0 Å². The molecule has 0 saturated carbocycles. The molecular formula is C21H16N4O2S2. The maximum absolute atomic E-state index is 12.8. The third kappa shape index (κ3) is 4.11. The lowest BCUT2D eigenvalue weighted by Gasteiger charge is -2.07. The molecule has 0 bridgehead atoms. The number of nitrogens with one attached hydrogen (secondary N) is 2. The van der Waals surface area contributed by atoms with Crippen molar-refractivity contribution in [1.29, 1.82) is 5.26 Å². The second-order valence-electron chi connectivity index (χ2n) is 6.28. The number of nitriles is 1. The highest BCUT2D eigenvalue weighted by Crippen LogP contribution is 2.29. The van der Waals surface area contributed by atoms with Crippen LogP contribution in [0.4, 0.5) is 5.82 Å². The highest BCUT2D eigenvalue weighted by molar-refractivity contribution is 7.98. The lowest BCUT2D eigenvalue weighted by molar-refractivity contribution is 0.601. The zero-order chi connectivity index (χ0) is 20.3. The maximum atomic E-state index is 12.8. The first kappa shape index (κ1) is 19.1. The van der Waals surface area contributed by atoms with Gasteiger partial charge in [0, 0.05) is 5.75 Å². The molecule has 8 heteroatoms. The van der Waals surface area contributed by atoms with Crippen LogP contribution in [0.2, 0.25) is 0 Å². The molecule has 0 fully saturated rings. The molecule has 0 aliphatic carbocycles. The summed E-state index contributed by atoms with van der Waals surface area (Å²) in [5.74, 6) is 0.688. The van der Waals surface area contributed by atoms with Gasteiger partial charge in [-0.25, -0.2) is 8.42 Å². The summed E-state index contributed by atoms with van der Waals surface area (Å²) in [6.45, 7) is 0. The van der Waals surface area contributed by atoms with Crippen LogP contribution in [0.3, 0.4) is 0 Å². The van der Waals surface area contributed by atoms with Crippen LogP contribution in [0, 0.1) is 11.3 Å². The number of thioether (sulfide) groups is 1. The Hall–Kier alpha value is -3.28. The van der Waals surface area contributed by atoms with E-state index >= 15 is 0 Å². The van der Waals surface area contributed by atoms with E-state index in [1.165, 1.54) is 17.8 Å². The van der Waals surface area contributed by atoms with Crippen molar-refractivity contribution in [1.82, 2.24) is 10.2 Å². The van der Waals surface area contributed by atoms with Crippen molar-refractivity contribution in [3.8, 4) is 6.07 Å². The number of benzene rings is 3. The molecule has 4 aromatic rings. The molecule has 0 amide bonds. The normalized spacial score (nSPS) is 11.3. The number of anilines is 1. The van der Waals surface area contributed by atoms with Gasteiger partial charge in [0.25, 0.3) is 10.0 Å². The molecule has 3 aromatic carbocycles. The van der Waals surface area contributed by atoms with Crippen molar-refractivity contribution >= 4 is 38.4 Å². The molecule has 29 heavy (non-hydrogen) atoms. The molecule has 144 valence electrons. The molecule has 6 nitrogen and oxygen atoms in total. The first-order valence-corrected chi connectivity index (χ1v) is 11.2. The number of H-pyrrole nitrogens is 1. The zero-order valence-corrected chi connectivity index (χ0v) is 16.8. The van der Waals surface area contributed by atoms with E-state index in [0.717, 1.165) is 16.3 Å². The van der Waals surface area contributed by atoms with Gasteiger partial charge in [-0.15, -0.1) is 0 Å². The van der Waals surface area contributed by atoms with E-state index in [-0.39, 0.29) is 16.3 Å². The monoisotopic (exact) mass is 420 g/mol. The summed E-state index contributed by atoms with van der Waals surface area (Å²) in [6, 6.07) is 24.2. The Labute approximate surface area is 172 Å². The molecule has 1 heterocycles. The lowest BCUT2D eigenvalue weighted by atomic mass is 10.1. The Kier molecular flexibility index (Phi) is 5.25. The smallest absolute Gasteiger partial charge is 0.263 e. The zero-order valence-electron chi connectivity index (χ0n) is 15.2. The summed E-state index contributed by atoms with van der Waals surface area (Å²) < 4.78 is 28.1. The number of aromatic amines is 1. The molecule has 0 radical (unpaired) electrons. The largest absolute Gasteiger partial charge is 0.263 e. The van der Waals surface area contributed by atoms with E-state index in [9.17, 15) is 13.7 Å². The molecule has 2 N–H and O–H groups in total. The molecule has 0 aliphatic rings. The summed E-state index contributed by atoms with van der Waals surface area (Å²) in [4.78, 5) is 0.119. The van der Waals surface area contributed by atoms with E-state index in [1.54, 1.807) is 12.1 Å². The summed E-state index contributed by atoms with van der Waals surface area (Å²) in [6.07, 6.45) is 0. The minimum Gasteiger partial charge on any atom is -0.263 e. The van der Waals surface area contributed by atoms with E-state index in [0.29, 0.717) is 10.8 Å². The van der Waals surface area contributed by atoms with Gasteiger partial charge in [-0.3, -0.25) is 9.82 Å². The highest BCUT2D eigenvalue weighted by Gasteiger charge is 2.21. The van der Waals surface area contributed by atoms with Gasteiger partial charge in [-0.05, 0) is 28.5 Å². The van der Waals surface area contributed by atoms with E-state index in [4.69, 9.17) is 0 Å². The van der Waals surface area contributed by atoms with Crippen molar-refractivity contribution in [2.75, 3.05) is 4.72 Å². The first-order valence-electron chi connectivity index (χ1n) is 8.73. The minimum absolute atomic E-state index is 0.0659. The Morgan fingerprint density at radius 1 is 1.00 bits per heavy atom. The molecule has 4 rings (SSSR count). The van der Waals surface area contributed by atoms with Gasteiger partial charge in [0.15, 0.2) is 5.82 Å². The standard InChI is InChI=1S/C21H16N4O2S2/c22-13-19-20(23-24-21(19)28-14-15-6-2-1-3-7-15)25-29(26,27)18-11-10-16-8-4-5-9-17(16)12-18/h1-12H,14H2,(H2,23,24,25). The topological polar surface area (TPSA) is 98.6 Å². The van der Waals surface area contributed by atoms with Crippen molar-refractivity contribution in [2.45, 2.75) is 15.7 Å². The summed E-state index contributed by atoms with van der Waals surface area (Å²) in [5, 5.41) is 18.5. The second-order valence-corrected chi connectivity index (χ2v) is 8.93. The van der Waals surface area contributed by atoms with Gasteiger partial charge in [-0.2, -0.15) is 10.4 Å². The maximum Gasteiger partial charge on any atom is 0.263 e. The number of fused-ring (bicyclic) bond motifs is 1. The molecule has 0 unspecified atom stereocenters. The predicted octanol–water partition coefficient (Wildman–Crippen LogP) is 4.53. The van der Waals surface area contributed by atoms with Gasteiger partial charge in [-0.1, -0.05) is 72.4 Å². The SMILES string of the molecule is N#Cc1c(SCc2ccccc2)n[nH]c1NS(=O)(=O)c1ccc2ccccc2c1. The Morgan fingerprint density at radius 2 is 1.72 bits per heavy atom. The quantitative estimate of drug-likeness (QED) is 0.447. The highest BCUT2D eigenvalue weighted by atomic mass is 32.2. The fourth-order valence-electron chi connectivity index (χ4n) is 2.86. The van der Waals surface area contributed by atoms with Crippen LogP contribution in [0.15, 0.2) is 82.7 Å². The molecule has 0 saturated heterocycles. The van der Waals surface area contributed by atoms with Crippen LogP contribution in [0.1, 0.15) is 11.1 Å². The average molecular weight is 421 g/mol. The molecule has 0 spiro atoms. The van der Waals surface area contributed by atoms with Crippen LogP contribution < -0.4 is 4.72 Å². The van der Waals surface area contributed by atoms with Crippen LogP contribution in [0.25, 0.3) is 10.8 Å². The van der Waals surface area contributed by atoms with Crippen LogP contribution >= 0.6 is 11.8 Å². The van der Waals surface area contributed by atoms with Gasteiger partial charge in [0.1, 0.15) is 16.7 Å². The molecular weight excluding hydrogens is 404 g/mol. The number of sulfonamides is 1. The molecule has 1 aromatic heterocycles. The van der Waals surface area contributed by atoms with Crippen molar-refractivity contribution in [2.24, 2.45) is 0 Å². The van der Waals surface area contributed by atoms with E-state index < -0.39 is 10.0 Å². The lowest BCUT2D eigenvalue weighted by Crippen LogP contribution is -2.14. The summed E-state index contributed by atoms with van der Waals surface area (Å²) >= 11 is 1.37. The average Bonchev–Trinajstić information content (AvgIpc) is 3.13. The number of aromatic nitrogens is 2. The van der Waals surface area contributed by atoms with Crippen LogP contribution in [-0.4, -0.2) is 18.6 Å². The number of nitrogens with zero attached hydrogens (tertiary/aromatic N) is 2. The molecule has 0 atom stereocenters. The summed E-state index contributed by atoms with van der Waals surface area (Å²) in [5.41, 5.74) is 1.26. The number of rotatable bonds is 6. The summed E-state index contributed by atoms with van der Waals surface area (Å²) in [7, 11) is -3.87. The Bertz CT molecular complexity index is 1310. The predicted molar refractivity (Wildman–Crippen MR) is 114 cm³/mol. The fourth-order valence-corrected chi connectivity index (χ4v) is 4.82. The third-order valence-electron chi connectivity index (χ3n) is 4.33. The van der Waals surface area contributed by atoms with Crippen molar-refractivity contribution in [3.05, 3.63) is 83.9 Å². The van der Waals surface area contributed by atoms with Crippen LogP contribution in [0.5, 0.6) is 0 Å². The Balaban J connectivity index is 1.58. The minimum atomic E-state index is -3.87. The number of hydrogen-bond donors (Lipinski definition) is 2. The Morgan fingerprint density at radius 3 is 2.48 bits per heavy atom. The van der Waals surface area contributed by atoms with Crippen LogP contribution in [-0.2, 0) is 15.8 Å². The van der Waals surface area contributed by atoms with Gasteiger partial charge >= 0.3 is 0 Å². The fraction of sp³-hybridized carbons (Fsp3) is 0.0476. The van der Waals surface area contributed by atoms with Gasteiger partial charge in [0.05, 0.1) is 4.90 Å². The van der Waals surface area contributed by atoms with Gasteiger partial charge < -0.3 is 0 Å². The molecule has 0 aliphatic heterocycles. The van der Waals surface area contributed by atoms with E-state index in [2.05, 4.69) is 14.9 Å². The second kappa shape index (κ2) is 7.99. The first-order chi connectivity index (χ1) is 14.1. The van der Waals surface area contributed by atoms with Crippen molar-refractivity contribution < 1.29 is 8.42 Å². The van der Waals surface area contributed by atoms with E-state index in [1.807, 2.05) is 60.7 Å². The van der Waals surface area contributed by atoms with Gasteiger partial charge in [0.2, 0.25) is 0 Å². The third-order valence-corrected chi connectivity index (χ3v) is 6.72.